The second-order valence-corrected chi connectivity index (χ2v) is 9.73. The van der Waals surface area contributed by atoms with Crippen molar-refractivity contribution in [3.05, 3.63) is 99.3 Å². The second kappa shape index (κ2) is 8.10. The molecule has 8 heteroatoms. The summed E-state index contributed by atoms with van der Waals surface area (Å²) in [6, 6.07) is 18.0. The lowest BCUT2D eigenvalue weighted by Crippen LogP contribution is -2.50. The number of anilines is 1. The highest BCUT2D eigenvalue weighted by Gasteiger charge is 2.59. The first kappa shape index (κ1) is 21.3. The van der Waals surface area contributed by atoms with E-state index >= 15 is 0 Å². The van der Waals surface area contributed by atoms with Gasteiger partial charge in [0.15, 0.2) is 4.87 Å². The molecule has 0 saturated carbocycles. The van der Waals surface area contributed by atoms with Crippen LogP contribution in [0.4, 0.5) is 10.1 Å². The summed E-state index contributed by atoms with van der Waals surface area (Å²) < 4.78 is 13.4. The second-order valence-electron chi connectivity index (χ2n) is 7.60. The molecule has 2 aliphatic heterocycles. The van der Waals surface area contributed by atoms with Gasteiger partial charge in [-0.1, -0.05) is 41.4 Å². The Morgan fingerprint density at radius 1 is 1.06 bits per heavy atom. The van der Waals surface area contributed by atoms with Crippen LogP contribution in [-0.2, 0) is 16.2 Å². The number of halogens is 3. The zero-order valence-electron chi connectivity index (χ0n) is 16.7. The minimum absolute atomic E-state index is 0.215. The number of fused-ring (bicyclic) bond motifs is 2. The lowest BCUT2D eigenvalue weighted by atomic mass is 10.0. The molecular weight excluding hydrogens is 470 g/mol. The smallest absolute Gasteiger partial charge is 0.268 e. The van der Waals surface area contributed by atoms with Gasteiger partial charge in [0.25, 0.3) is 11.8 Å². The van der Waals surface area contributed by atoms with Crippen molar-refractivity contribution in [2.45, 2.75) is 11.4 Å². The number of rotatable bonds is 3. The van der Waals surface area contributed by atoms with Gasteiger partial charge in [-0.15, -0.1) is 11.8 Å². The molecule has 1 saturated heterocycles. The van der Waals surface area contributed by atoms with Crippen LogP contribution in [0, 0.1) is 5.82 Å². The van der Waals surface area contributed by atoms with Gasteiger partial charge in [-0.05, 0) is 54.1 Å². The zero-order valence-corrected chi connectivity index (χ0v) is 19.1. The Morgan fingerprint density at radius 3 is 2.56 bits per heavy atom. The Kier molecular flexibility index (Phi) is 5.40. The van der Waals surface area contributed by atoms with Crippen LogP contribution in [0.1, 0.15) is 21.5 Å². The van der Waals surface area contributed by atoms with E-state index in [0.29, 0.717) is 39.2 Å². The first-order valence-electron chi connectivity index (χ1n) is 9.99. The fourth-order valence-electron chi connectivity index (χ4n) is 4.29. The highest BCUT2D eigenvalue weighted by molar-refractivity contribution is 8.01. The fourth-order valence-corrected chi connectivity index (χ4v) is 6.11. The van der Waals surface area contributed by atoms with Crippen molar-refractivity contribution in [1.29, 1.82) is 0 Å². The average molecular weight is 487 g/mol. The Balaban J connectivity index is 1.60. The molecule has 2 aliphatic rings. The van der Waals surface area contributed by atoms with Gasteiger partial charge in [0.05, 0.1) is 12.2 Å². The van der Waals surface area contributed by atoms with Crippen LogP contribution in [0.5, 0.6) is 0 Å². The van der Waals surface area contributed by atoms with Gasteiger partial charge in [-0.3, -0.25) is 9.59 Å². The fraction of sp³-hybridized carbons (Fsp3) is 0.167. The van der Waals surface area contributed by atoms with Gasteiger partial charge in [0.2, 0.25) is 0 Å². The Labute approximate surface area is 198 Å². The van der Waals surface area contributed by atoms with E-state index in [1.807, 2.05) is 18.2 Å². The number of carbonyl (C=O) groups is 2. The van der Waals surface area contributed by atoms with E-state index in [0.717, 1.165) is 5.56 Å². The summed E-state index contributed by atoms with van der Waals surface area (Å²) in [7, 11) is 0. The van der Waals surface area contributed by atoms with Crippen molar-refractivity contribution < 1.29 is 14.0 Å². The molecular formula is C24H17Cl2FN2O2S. The molecule has 4 nitrogen and oxygen atoms in total. The number of thioether (sulfide) groups is 1. The van der Waals surface area contributed by atoms with Gasteiger partial charge in [0.1, 0.15) is 5.82 Å². The summed E-state index contributed by atoms with van der Waals surface area (Å²) in [5.41, 5.74) is 2.51. The Hall–Kier alpha value is -2.54. The van der Waals surface area contributed by atoms with Gasteiger partial charge < -0.3 is 9.80 Å². The molecule has 1 fully saturated rings. The quantitative estimate of drug-likeness (QED) is 0.475. The summed E-state index contributed by atoms with van der Waals surface area (Å²) in [6.07, 6.45) is 0. The first-order valence-corrected chi connectivity index (χ1v) is 11.7. The molecule has 0 bridgehead atoms. The summed E-state index contributed by atoms with van der Waals surface area (Å²) in [4.78, 5) is 29.4. The van der Waals surface area contributed by atoms with E-state index in [2.05, 4.69) is 0 Å². The molecule has 3 aromatic carbocycles. The summed E-state index contributed by atoms with van der Waals surface area (Å²) in [6.45, 7) is 0.659. The van der Waals surface area contributed by atoms with Crippen LogP contribution in [0.2, 0.25) is 10.0 Å². The standard InChI is InChI=1S/C24H17Cl2FN2O2S/c25-17-7-10-21-19(13-17)24(23(31)28(21)14-16-3-1-2-4-20(16)26)29(11-12-32-24)22(30)15-5-8-18(27)9-6-15/h1-10,13H,11-12,14H2/t24-/m0/s1. The lowest BCUT2D eigenvalue weighted by molar-refractivity contribution is -0.123. The Bertz CT molecular complexity index is 1240. The Morgan fingerprint density at radius 2 is 1.81 bits per heavy atom. The van der Waals surface area contributed by atoms with Crippen molar-refractivity contribution in [2.75, 3.05) is 17.2 Å². The van der Waals surface area contributed by atoms with Crippen molar-refractivity contribution >= 4 is 52.5 Å². The number of amides is 2. The molecule has 1 spiro atoms. The molecule has 0 N–H and O–H groups in total. The predicted molar refractivity (Wildman–Crippen MR) is 126 cm³/mol. The SMILES string of the molecule is O=C(c1ccc(F)cc1)N1CCS[C@@]12C(=O)N(Cc1ccccc1Cl)c1ccc(Cl)cc12. The van der Waals surface area contributed by atoms with Crippen molar-refractivity contribution in [2.24, 2.45) is 0 Å². The third kappa shape index (κ3) is 3.29. The molecule has 5 rings (SSSR count). The molecule has 0 radical (unpaired) electrons. The molecule has 0 unspecified atom stereocenters. The van der Waals surface area contributed by atoms with Gasteiger partial charge >= 0.3 is 0 Å². The number of nitrogens with zero attached hydrogens (tertiary/aromatic N) is 2. The first-order chi connectivity index (χ1) is 15.4. The monoisotopic (exact) mass is 486 g/mol. The molecule has 0 aliphatic carbocycles. The van der Waals surface area contributed by atoms with Crippen molar-refractivity contribution in [1.82, 2.24) is 4.90 Å². The molecule has 2 amide bonds. The predicted octanol–water partition coefficient (Wildman–Crippen LogP) is 5.72. The average Bonchev–Trinajstić information content (AvgIpc) is 3.32. The third-order valence-corrected chi connectivity index (χ3v) is 7.80. The summed E-state index contributed by atoms with van der Waals surface area (Å²) >= 11 is 14.1. The van der Waals surface area contributed by atoms with E-state index in [-0.39, 0.29) is 18.4 Å². The molecule has 0 aromatic heterocycles. The minimum Gasteiger partial charge on any atom is -0.311 e. The maximum Gasteiger partial charge on any atom is 0.268 e. The van der Waals surface area contributed by atoms with Crippen LogP contribution in [0.3, 0.4) is 0 Å². The maximum atomic E-state index is 14.0. The van der Waals surface area contributed by atoms with E-state index in [1.54, 1.807) is 34.1 Å². The van der Waals surface area contributed by atoms with Gasteiger partial charge in [0, 0.05) is 33.5 Å². The molecule has 162 valence electrons. The molecule has 2 heterocycles. The van der Waals surface area contributed by atoms with Crippen LogP contribution < -0.4 is 4.90 Å². The van der Waals surface area contributed by atoms with Gasteiger partial charge in [-0.2, -0.15) is 0 Å². The lowest BCUT2D eigenvalue weighted by Gasteiger charge is -2.33. The molecule has 3 aromatic rings. The number of benzene rings is 3. The maximum absolute atomic E-state index is 14.0. The van der Waals surface area contributed by atoms with E-state index < -0.39 is 10.7 Å². The van der Waals surface area contributed by atoms with Crippen molar-refractivity contribution in [3.63, 3.8) is 0 Å². The highest BCUT2D eigenvalue weighted by atomic mass is 35.5. The third-order valence-electron chi connectivity index (χ3n) is 5.78. The van der Waals surface area contributed by atoms with Crippen LogP contribution in [0.25, 0.3) is 0 Å². The minimum atomic E-state index is -1.23. The van der Waals surface area contributed by atoms with Crippen LogP contribution in [-0.4, -0.2) is 29.0 Å². The van der Waals surface area contributed by atoms with E-state index in [4.69, 9.17) is 23.2 Å². The van der Waals surface area contributed by atoms with E-state index in [1.165, 1.54) is 36.0 Å². The summed E-state index contributed by atoms with van der Waals surface area (Å²) in [5, 5.41) is 1.05. The van der Waals surface area contributed by atoms with Crippen LogP contribution >= 0.6 is 35.0 Å². The topological polar surface area (TPSA) is 40.6 Å². The number of carbonyl (C=O) groups excluding carboxylic acids is 2. The van der Waals surface area contributed by atoms with Gasteiger partial charge in [-0.25, -0.2) is 4.39 Å². The normalized spacial score (nSPS) is 19.7. The molecule has 1 atom stereocenters. The number of hydrogen-bond donors (Lipinski definition) is 0. The highest BCUT2D eigenvalue weighted by Crippen LogP contribution is 2.55. The van der Waals surface area contributed by atoms with Crippen molar-refractivity contribution in [3.8, 4) is 0 Å². The largest absolute Gasteiger partial charge is 0.311 e. The molecule has 32 heavy (non-hydrogen) atoms. The van der Waals surface area contributed by atoms with E-state index in [9.17, 15) is 14.0 Å². The number of hydrogen-bond acceptors (Lipinski definition) is 3. The zero-order chi connectivity index (χ0) is 22.5. The van der Waals surface area contributed by atoms with Crippen LogP contribution in [0.15, 0.2) is 66.7 Å². The summed E-state index contributed by atoms with van der Waals surface area (Å²) in [5.74, 6) is -0.376.